The summed E-state index contributed by atoms with van der Waals surface area (Å²) in [6, 6.07) is 3.39. The van der Waals surface area contributed by atoms with Gasteiger partial charge in [0.25, 0.3) is 0 Å². The molecule has 1 rings (SSSR count). The van der Waals surface area contributed by atoms with Gasteiger partial charge in [-0.1, -0.05) is 0 Å². The minimum atomic E-state index is -3.90. The first-order valence-corrected chi connectivity index (χ1v) is 6.46. The molecule has 0 aliphatic carbocycles. The molecule has 0 unspecified atom stereocenters. The smallest absolute Gasteiger partial charge is 0.245 e. The summed E-state index contributed by atoms with van der Waals surface area (Å²) in [6.07, 6.45) is 0.291. The number of halogens is 1. The van der Waals surface area contributed by atoms with Gasteiger partial charge in [0, 0.05) is 25.9 Å². The molecule has 0 aliphatic heterocycles. The van der Waals surface area contributed by atoms with Crippen LogP contribution in [0, 0.1) is 5.82 Å². The van der Waals surface area contributed by atoms with Gasteiger partial charge >= 0.3 is 0 Å². The van der Waals surface area contributed by atoms with Crippen LogP contribution in [0.25, 0.3) is 0 Å². The summed E-state index contributed by atoms with van der Waals surface area (Å²) in [4.78, 5) is -0.446. The molecule has 0 spiro atoms. The Bertz CT molecular complexity index is 490. The van der Waals surface area contributed by atoms with Crippen molar-refractivity contribution in [3.8, 4) is 0 Å². The zero-order valence-corrected chi connectivity index (χ0v) is 10.2. The Balaban J connectivity index is 3.08. The number of aliphatic hydroxyl groups is 1. The molecule has 0 fully saturated rings. The van der Waals surface area contributed by atoms with Crippen LogP contribution in [-0.2, 0) is 10.0 Å². The Morgan fingerprint density at radius 2 is 2.12 bits per heavy atom. The number of aliphatic hydroxyl groups excluding tert-OH is 1. The van der Waals surface area contributed by atoms with E-state index in [1.165, 1.54) is 13.1 Å². The Morgan fingerprint density at radius 3 is 2.71 bits per heavy atom. The standard InChI is InChI=1S/C10H15FN2O3S/c1-13(5-2-6-14)17(15,16)10-7-8(12)3-4-9(10)11/h3-4,7,14H,2,5-6,12H2,1H3. The molecule has 7 heteroatoms. The van der Waals surface area contributed by atoms with Crippen molar-refractivity contribution >= 4 is 15.7 Å². The van der Waals surface area contributed by atoms with Crippen molar-refractivity contribution in [2.24, 2.45) is 0 Å². The number of anilines is 1. The largest absolute Gasteiger partial charge is 0.399 e. The average Bonchev–Trinajstić information content (AvgIpc) is 2.28. The number of benzene rings is 1. The lowest BCUT2D eigenvalue weighted by Crippen LogP contribution is -2.29. The van der Waals surface area contributed by atoms with Crippen molar-refractivity contribution < 1.29 is 17.9 Å². The lowest BCUT2D eigenvalue weighted by atomic mass is 10.3. The van der Waals surface area contributed by atoms with E-state index in [0.717, 1.165) is 16.4 Å². The summed E-state index contributed by atoms with van der Waals surface area (Å²) in [5.74, 6) is -0.838. The van der Waals surface area contributed by atoms with E-state index in [-0.39, 0.29) is 18.8 Å². The molecule has 0 aromatic heterocycles. The Morgan fingerprint density at radius 1 is 1.47 bits per heavy atom. The first-order chi connectivity index (χ1) is 7.89. The van der Waals surface area contributed by atoms with Gasteiger partial charge in [-0.3, -0.25) is 0 Å². The van der Waals surface area contributed by atoms with Crippen molar-refractivity contribution in [3.63, 3.8) is 0 Å². The Labute approximate surface area is 99.7 Å². The topological polar surface area (TPSA) is 83.6 Å². The van der Waals surface area contributed by atoms with E-state index >= 15 is 0 Å². The highest BCUT2D eigenvalue weighted by Gasteiger charge is 2.24. The molecule has 0 saturated heterocycles. The first kappa shape index (κ1) is 13.9. The predicted molar refractivity (Wildman–Crippen MR) is 62.3 cm³/mol. The normalized spacial score (nSPS) is 12.0. The monoisotopic (exact) mass is 262 g/mol. The molecule has 0 heterocycles. The van der Waals surface area contributed by atoms with E-state index in [9.17, 15) is 12.8 Å². The number of nitrogen functional groups attached to an aromatic ring is 1. The summed E-state index contributed by atoms with van der Waals surface area (Å²) in [5, 5.41) is 8.63. The molecule has 5 nitrogen and oxygen atoms in total. The third-order valence-corrected chi connectivity index (χ3v) is 4.15. The van der Waals surface area contributed by atoms with Gasteiger partial charge in [0.15, 0.2) is 0 Å². The van der Waals surface area contributed by atoms with Gasteiger partial charge in [0.05, 0.1) is 0 Å². The molecule has 96 valence electrons. The van der Waals surface area contributed by atoms with Crippen LogP contribution in [-0.4, -0.2) is 38.0 Å². The summed E-state index contributed by atoms with van der Waals surface area (Å²) >= 11 is 0. The highest BCUT2D eigenvalue weighted by Crippen LogP contribution is 2.20. The Hall–Kier alpha value is -1.18. The van der Waals surface area contributed by atoms with Gasteiger partial charge in [0.2, 0.25) is 10.0 Å². The molecular formula is C10H15FN2O3S. The maximum atomic E-state index is 13.4. The van der Waals surface area contributed by atoms with Crippen LogP contribution in [0.15, 0.2) is 23.1 Å². The molecule has 0 aliphatic rings. The van der Waals surface area contributed by atoms with Crippen LogP contribution in [0.1, 0.15) is 6.42 Å². The zero-order valence-electron chi connectivity index (χ0n) is 9.43. The highest BCUT2D eigenvalue weighted by atomic mass is 32.2. The van der Waals surface area contributed by atoms with E-state index in [1.54, 1.807) is 0 Å². The minimum Gasteiger partial charge on any atom is -0.399 e. The van der Waals surface area contributed by atoms with E-state index < -0.39 is 20.7 Å². The van der Waals surface area contributed by atoms with Crippen LogP contribution >= 0.6 is 0 Å². The van der Waals surface area contributed by atoms with Crippen molar-refractivity contribution in [2.75, 3.05) is 25.9 Å². The van der Waals surface area contributed by atoms with E-state index in [4.69, 9.17) is 10.8 Å². The molecule has 1 aromatic carbocycles. The van der Waals surface area contributed by atoms with E-state index in [1.807, 2.05) is 0 Å². The van der Waals surface area contributed by atoms with Gasteiger partial charge in [-0.2, -0.15) is 0 Å². The Kier molecular flexibility index (Phi) is 4.44. The van der Waals surface area contributed by atoms with Crippen LogP contribution in [0.2, 0.25) is 0 Å². The molecule has 0 atom stereocenters. The van der Waals surface area contributed by atoms with Gasteiger partial charge in [-0.05, 0) is 24.6 Å². The summed E-state index contributed by atoms with van der Waals surface area (Å²) in [5.41, 5.74) is 5.62. The number of hydrogen-bond acceptors (Lipinski definition) is 4. The van der Waals surface area contributed by atoms with Crippen molar-refractivity contribution in [1.82, 2.24) is 4.31 Å². The number of nitrogens with zero attached hydrogens (tertiary/aromatic N) is 1. The fourth-order valence-corrected chi connectivity index (χ4v) is 2.60. The number of nitrogens with two attached hydrogens (primary N) is 1. The molecule has 0 saturated carbocycles. The average molecular weight is 262 g/mol. The van der Waals surface area contributed by atoms with E-state index in [0.29, 0.717) is 6.42 Å². The molecule has 0 bridgehead atoms. The second-order valence-corrected chi connectivity index (χ2v) is 5.61. The van der Waals surface area contributed by atoms with Crippen LogP contribution in [0.4, 0.5) is 10.1 Å². The van der Waals surface area contributed by atoms with Gasteiger partial charge in [0.1, 0.15) is 10.7 Å². The number of rotatable bonds is 5. The summed E-state index contributed by atoms with van der Waals surface area (Å²) in [7, 11) is -2.57. The zero-order chi connectivity index (χ0) is 13.1. The van der Waals surface area contributed by atoms with Gasteiger partial charge in [-0.25, -0.2) is 17.1 Å². The lowest BCUT2D eigenvalue weighted by molar-refractivity contribution is 0.275. The van der Waals surface area contributed by atoms with Crippen LogP contribution in [0.3, 0.4) is 0 Å². The second-order valence-electron chi connectivity index (χ2n) is 3.59. The van der Waals surface area contributed by atoms with Gasteiger partial charge < -0.3 is 10.8 Å². The molecule has 17 heavy (non-hydrogen) atoms. The summed E-state index contributed by atoms with van der Waals surface area (Å²) in [6.45, 7) is -0.00760. The quantitative estimate of drug-likeness (QED) is 0.753. The second kappa shape index (κ2) is 5.44. The lowest BCUT2D eigenvalue weighted by Gasteiger charge is -2.17. The minimum absolute atomic E-state index is 0.118. The maximum Gasteiger partial charge on any atom is 0.245 e. The van der Waals surface area contributed by atoms with Crippen molar-refractivity contribution in [1.29, 1.82) is 0 Å². The first-order valence-electron chi connectivity index (χ1n) is 5.02. The predicted octanol–water partition coefficient (Wildman–Crippen LogP) is 0.411. The fraction of sp³-hybridized carbons (Fsp3) is 0.400. The number of hydrogen-bond donors (Lipinski definition) is 2. The third-order valence-electron chi connectivity index (χ3n) is 2.27. The van der Waals surface area contributed by atoms with Crippen molar-refractivity contribution in [3.05, 3.63) is 24.0 Å². The molecule has 0 amide bonds. The molecule has 0 radical (unpaired) electrons. The summed E-state index contributed by atoms with van der Waals surface area (Å²) < 4.78 is 38.3. The molecule has 1 aromatic rings. The maximum absolute atomic E-state index is 13.4. The SMILES string of the molecule is CN(CCCO)S(=O)(=O)c1cc(N)ccc1F. The highest BCUT2D eigenvalue weighted by molar-refractivity contribution is 7.89. The van der Waals surface area contributed by atoms with Crippen LogP contribution < -0.4 is 5.73 Å². The third kappa shape index (κ3) is 3.15. The van der Waals surface area contributed by atoms with Crippen LogP contribution in [0.5, 0.6) is 0 Å². The molecular weight excluding hydrogens is 247 g/mol. The molecule has 3 N–H and O–H groups in total. The van der Waals surface area contributed by atoms with E-state index in [2.05, 4.69) is 0 Å². The number of sulfonamides is 1. The fourth-order valence-electron chi connectivity index (χ4n) is 1.30. The van der Waals surface area contributed by atoms with Crippen molar-refractivity contribution in [2.45, 2.75) is 11.3 Å². The van der Waals surface area contributed by atoms with Gasteiger partial charge in [-0.15, -0.1) is 0 Å².